The van der Waals surface area contributed by atoms with Crippen LogP contribution in [0.3, 0.4) is 0 Å². The van der Waals surface area contributed by atoms with Gasteiger partial charge in [-0.25, -0.2) is 0 Å². The molecule has 0 aromatic heterocycles. The van der Waals surface area contributed by atoms with E-state index in [-0.39, 0.29) is 112 Å². The minimum atomic E-state index is 0. The van der Waals surface area contributed by atoms with Crippen molar-refractivity contribution in [1.29, 1.82) is 0 Å². The van der Waals surface area contributed by atoms with Crippen molar-refractivity contribution in [3.05, 3.63) is 47.9 Å². The molecular formula is H2CaCsN9O. The Bertz CT molecular complexity index is 106. The van der Waals surface area contributed by atoms with E-state index < -0.39 is 0 Å². The van der Waals surface area contributed by atoms with Crippen LogP contribution in [-0.4, -0.2) is 43.2 Å². The number of rotatable bonds is 0. The standard InChI is InChI=1S/Ca.Cs.3N3.H2O/c;;3*1-3-2;/h;;;;;1H2/q+2;+1;3*-1;. The molecule has 0 spiro atoms. The molecule has 0 aromatic carbocycles. The molecular weight excluding hydrogens is 315 g/mol. The normalized spacial score (nSPS) is 2.00. The third-order valence-electron chi connectivity index (χ3n) is 0. The van der Waals surface area contributed by atoms with Crippen LogP contribution in [0.4, 0.5) is 0 Å². The Morgan fingerprint density at radius 2 is 0.583 bits per heavy atom. The van der Waals surface area contributed by atoms with Gasteiger partial charge in [0.05, 0.1) is 0 Å². The van der Waals surface area contributed by atoms with Crippen LogP contribution in [0.25, 0.3) is 47.9 Å². The molecule has 12 heavy (non-hydrogen) atoms. The van der Waals surface area contributed by atoms with Gasteiger partial charge in [-0.15, -0.1) is 0 Å². The van der Waals surface area contributed by atoms with Crippen LogP contribution in [0.15, 0.2) is 0 Å². The zero-order valence-electron chi connectivity index (χ0n) is 6.23. The first kappa shape index (κ1) is 37.9. The predicted molar refractivity (Wildman–Crippen MR) is 39.6 cm³/mol. The molecule has 0 radical (unpaired) electrons. The molecule has 0 aliphatic heterocycles. The fourth-order valence-corrected chi connectivity index (χ4v) is 0. The summed E-state index contributed by atoms with van der Waals surface area (Å²) in [6.45, 7) is 0. The second kappa shape index (κ2) is 86.7. The van der Waals surface area contributed by atoms with Gasteiger partial charge in [0.25, 0.3) is 0 Å². The molecule has 0 saturated heterocycles. The molecule has 0 heterocycles. The van der Waals surface area contributed by atoms with Gasteiger partial charge in [0, 0.05) is 0 Å². The SMILES string of the molecule is O.[Ca+2].[Cs+].[N-]=[N+]=[N-].[N-]=[N+]=[N-].[N-]=[N+]=[N-]. The summed E-state index contributed by atoms with van der Waals surface area (Å²) in [4.78, 5) is 4.50. The Morgan fingerprint density at radius 1 is 0.583 bits per heavy atom. The Hall–Kier alpha value is 1.20. The van der Waals surface area contributed by atoms with E-state index in [9.17, 15) is 0 Å². The quantitative estimate of drug-likeness (QED) is 0.214. The van der Waals surface area contributed by atoms with Crippen LogP contribution in [0.1, 0.15) is 0 Å². The second-order valence-corrected chi connectivity index (χ2v) is 0.268. The average Bonchev–Trinajstić information content (AvgIpc) is 1.70. The molecule has 2 N–H and O–H groups in total. The summed E-state index contributed by atoms with van der Waals surface area (Å²) in [5.41, 5.74) is 40.5. The van der Waals surface area contributed by atoms with Gasteiger partial charge in [0.1, 0.15) is 0 Å². The zero-order valence-corrected chi connectivity index (χ0v) is 14.7. The van der Waals surface area contributed by atoms with Gasteiger partial charge in [0.2, 0.25) is 0 Å². The maximum atomic E-state index is 6.75. The van der Waals surface area contributed by atoms with Gasteiger partial charge in [-0.1, -0.05) is 0 Å². The van der Waals surface area contributed by atoms with E-state index in [0.29, 0.717) is 0 Å². The van der Waals surface area contributed by atoms with Gasteiger partial charge in [0.15, 0.2) is 0 Å². The molecule has 0 unspecified atom stereocenters. The van der Waals surface area contributed by atoms with Gasteiger partial charge in [-0.3, -0.25) is 14.7 Å². The predicted octanol–water partition coefficient (Wildman–Crippen LogP) is -1.60. The van der Waals surface area contributed by atoms with E-state index in [4.69, 9.17) is 33.2 Å². The summed E-state index contributed by atoms with van der Waals surface area (Å²) in [5.74, 6) is 0. The molecule has 0 aliphatic carbocycles. The molecule has 56 valence electrons. The minimum Gasteiger partial charge on any atom is -0.412 e. The van der Waals surface area contributed by atoms with Crippen LogP contribution >= 0.6 is 0 Å². The number of hydrogen-bond donors (Lipinski definition) is 0. The fourth-order valence-electron chi connectivity index (χ4n) is 0. The van der Waals surface area contributed by atoms with E-state index in [0.717, 1.165) is 0 Å². The topological polar surface area (TPSA) is 208 Å². The molecule has 0 bridgehead atoms. The van der Waals surface area contributed by atoms with Gasteiger partial charge < -0.3 is 38.7 Å². The monoisotopic (exact) mass is 317 g/mol. The fraction of sp³-hybridized carbons (Fsp3) is 0. The van der Waals surface area contributed by atoms with E-state index in [2.05, 4.69) is 0 Å². The summed E-state index contributed by atoms with van der Waals surface area (Å²) < 4.78 is 0. The smallest absolute Gasteiger partial charge is 0.412 e. The first-order chi connectivity index (χ1) is 4.24. The van der Waals surface area contributed by atoms with Gasteiger partial charge in [-0.05, 0) is 0 Å². The first-order valence-corrected chi connectivity index (χ1v) is 1.20. The molecule has 0 amide bonds. The van der Waals surface area contributed by atoms with E-state index in [1.54, 1.807) is 0 Å². The van der Waals surface area contributed by atoms with Crippen molar-refractivity contribution in [2.45, 2.75) is 0 Å². The zero-order chi connectivity index (χ0) is 8.12. The summed E-state index contributed by atoms with van der Waals surface area (Å²) in [7, 11) is 0. The molecule has 0 aromatic rings. The number of hydrogen-bond acceptors (Lipinski definition) is 0. The van der Waals surface area contributed by atoms with Crippen LogP contribution in [-0.2, 0) is 0 Å². The van der Waals surface area contributed by atoms with Crippen LogP contribution < -0.4 is 68.9 Å². The van der Waals surface area contributed by atoms with Crippen molar-refractivity contribution in [3.63, 3.8) is 0 Å². The van der Waals surface area contributed by atoms with Gasteiger partial charge in [-0.2, -0.15) is 0 Å². The molecule has 0 atom stereocenters. The van der Waals surface area contributed by atoms with E-state index in [1.807, 2.05) is 0 Å². The Morgan fingerprint density at radius 3 is 0.583 bits per heavy atom. The Kier molecular flexibility index (Phi) is 274. The third kappa shape index (κ3) is 807. The summed E-state index contributed by atoms with van der Waals surface area (Å²) in [6.07, 6.45) is 0. The summed E-state index contributed by atoms with van der Waals surface area (Å²) in [6, 6.07) is 0. The molecule has 0 saturated carbocycles. The van der Waals surface area contributed by atoms with Crippen molar-refractivity contribution >= 4 is 37.7 Å². The van der Waals surface area contributed by atoms with Crippen molar-refractivity contribution in [3.8, 4) is 0 Å². The van der Waals surface area contributed by atoms with Crippen LogP contribution in [0, 0.1) is 0 Å². The Labute approximate surface area is 156 Å². The van der Waals surface area contributed by atoms with Crippen molar-refractivity contribution in [2.75, 3.05) is 0 Å². The van der Waals surface area contributed by atoms with Gasteiger partial charge >= 0.3 is 107 Å². The minimum absolute atomic E-state index is 0. The first-order valence-electron chi connectivity index (χ1n) is 1.20. The Balaban J connectivity index is -0.00000001000. The van der Waals surface area contributed by atoms with Crippen molar-refractivity contribution < 1.29 is 74.4 Å². The molecule has 12 heteroatoms. The van der Waals surface area contributed by atoms with Crippen LogP contribution in [0.2, 0.25) is 0 Å². The molecule has 0 aliphatic rings. The maximum absolute atomic E-state index is 6.75. The average molecular weight is 317 g/mol. The van der Waals surface area contributed by atoms with E-state index in [1.165, 1.54) is 14.7 Å². The number of nitrogens with zero attached hydrogens (tertiary/aromatic N) is 9. The maximum Gasteiger partial charge on any atom is 2.00 e. The third-order valence-corrected chi connectivity index (χ3v) is 0. The van der Waals surface area contributed by atoms with E-state index >= 15 is 0 Å². The van der Waals surface area contributed by atoms with Crippen molar-refractivity contribution in [1.82, 2.24) is 0 Å². The van der Waals surface area contributed by atoms with Crippen molar-refractivity contribution in [2.24, 2.45) is 0 Å². The molecule has 0 fully saturated rings. The summed E-state index contributed by atoms with van der Waals surface area (Å²) >= 11 is 0. The second-order valence-electron chi connectivity index (χ2n) is 0.268. The molecule has 10 nitrogen and oxygen atoms in total. The largest absolute Gasteiger partial charge is 2.00 e. The van der Waals surface area contributed by atoms with Crippen LogP contribution in [0.5, 0.6) is 0 Å². The molecule has 0 rings (SSSR count). The summed E-state index contributed by atoms with van der Waals surface area (Å²) in [5, 5.41) is 0.